The van der Waals surface area contributed by atoms with Gasteiger partial charge < -0.3 is 15.7 Å². The molecule has 0 aliphatic heterocycles. The maximum absolute atomic E-state index is 11.8. The number of anilines is 1. The first kappa shape index (κ1) is 15.1. The van der Waals surface area contributed by atoms with Crippen LogP contribution in [-0.4, -0.2) is 27.5 Å². The molecule has 112 valence electrons. The highest BCUT2D eigenvalue weighted by molar-refractivity contribution is 5.89. The van der Waals surface area contributed by atoms with Crippen LogP contribution in [0.3, 0.4) is 0 Å². The van der Waals surface area contributed by atoms with Gasteiger partial charge in [0.1, 0.15) is 0 Å². The molecule has 6 nitrogen and oxygen atoms in total. The monoisotopic (exact) mass is 288 g/mol. The van der Waals surface area contributed by atoms with Gasteiger partial charge in [-0.2, -0.15) is 5.10 Å². The van der Waals surface area contributed by atoms with Gasteiger partial charge in [-0.25, -0.2) is 4.79 Å². The van der Waals surface area contributed by atoms with E-state index >= 15 is 0 Å². The number of carbonyl (C=O) groups is 1. The van der Waals surface area contributed by atoms with E-state index in [0.717, 1.165) is 11.1 Å². The van der Waals surface area contributed by atoms with E-state index in [9.17, 15) is 9.90 Å². The molecule has 1 aromatic carbocycles. The molecule has 0 radical (unpaired) electrons. The highest BCUT2D eigenvalue weighted by Gasteiger charge is 2.04. The molecule has 0 aliphatic carbocycles. The van der Waals surface area contributed by atoms with E-state index in [-0.39, 0.29) is 6.03 Å². The van der Waals surface area contributed by atoms with Crippen LogP contribution in [-0.2, 0) is 6.54 Å². The molecule has 0 saturated heterocycles. The number of benzene rings is 1. The number of urea groups is 1. The van der Waals surface area contributed by atoms with Gasteiger partial charge in [0.2, 0.25) is 0 Å². The van der Waals surface area contributed by atoms with Gasteiger partial charge in [0.25, 0.3) is 0 Å². The minimum absolute atomic E-state index is 0.276. The molecule has 1 atom stereocenters. The lowest BCUT2D eigenvalue weighted by Crippen LogP contribution is -2.31. The van der Waals surface area contributed by atoms with Crippen molar-refractivity contribution in [2.75, 3.05) is 11.9 Å². The quantitative estimate of drug-likeness (QED) is 0.788. The Morgan fingerprint density at radius 1 is 1.48 bits per heavy atom. The van der Waals surface area contributed by atoms with E-state index in [1.165, 1.54) is 0 Å². The van der Waals surface area contributed by atoms with Crippen LogP contribution in [0.15, 0.2) is 36.7 Å². The topological polar surface area (TPSA) is 79.2 Å². The summed E-state index contributed by atoms with van der Waals surface area (Å²) in [6, 6.07) is 6.86. The van der Waals surface area contributed by atoms with Crippen molar-refractivity contribution in [2.24, 2.45) is 0 Å². The van der Waals surface area contributed by atoms with Crippen LogP contribution in [0, 0.1) is 6.92 Å². The number of nitrogens with zero attached hydrogens (tertiary/aromatic N) is 2. The number of carbonyl (C=O) groups excluding carboxylic acids is 1. The van der Waals surface area contributed by atoms with E-state index in [1.807, 2.05) is 19.2 Å². The Morgan fingerprint density at radius 3 is 2.95 bits per heavy atom. The number of aryl methyl sites for hydroxylation is 1. The van der Waals surface area contributed by atoms with Gasteiger partial charge in [-0.05, 0) is 37.1 Å². The van der Waals surface area contributed by atoms with Gasteiger partial charge in [0.15, 0.2) is 0 Å². The lowest BCUT2D eigenvalue weighted by atomic mass is 10.1. The van der Waals surface area contributed by atoms with Crippen LogP contribution in [0.4, 0.5) is 10.5 Å². The summed E-state index contributed by atoms with van der Waals surface area (Å²) >= 11 is 0. The second kappa shape index (κ2) is 6.90. The van der Waals surface area contributed by atoms with Crippen molar-refractivity contribution in [2.45, 2.75) is 26.5 Å². The summed E-state index contributed by atoms with van der Waals surface area (Å²) in [6.07, 6.45) is 3.14. The smallest absolute Gasteiger partial charge is 0.319 e. The molecule has 1 aromatic heterocycles. The molecule has 2 rings (SSSR count). The summed E-state index contributed by atoms with van der Waals surface area (Å²) in [4.78, 5) is 11.8. The van der Waals surface area contributed by atoms with E-state index in [0.29, 0.717) is 18.8 Å². The molecule has 0 saturated carbocycles. The first-order chi connectivity index (χ1) is 10.0. The van der Waals surface area contributed by atoms with Gasteiger partial charge in [-0.3, -0.25) is 4.68 Å². The summed E-state index contributed by atoms with van der Waals surface area (Å²) in [5.41, 5.74) is 2.51. The highest BCUT2D eigenvalue weighted by Crippen LogP contribution is 2.16. The number of aromatic nitrogens is 2. The van der Waals surface area contributed by atoms with Crippen molar-refractivity contribution < 1.29 is 9.90 Å². The average molecular weight is 288 g/mol. The molecule has 0 aliphatic rings. The molecule has 0 bridgehead atoms. The fraction of sp³-hybridized carbons (Fsp3) is 0.333. The van der Waals surface area contributed by atoms with E-state index in [1.54, 1.807) is 36.0 Å². The zero-order chi connectivity index (χ0) is 15.2. The van der Waals surface area contributed by atoms with Crippen molar-refractivity contribution in [1.29, 1.82) is 0 Å². The molecule has 6 heteroatoms. The van der Waals surface area contributed by atoms with Crippen molar-refractivity contribution in [3.8, 4) is 0 Å². The maximum Gasteiger partial charge on any atom is 0.319 e. The zero-order valence-electron chi connectivity index (χ0n) is 12.2. The summed E-state index contributed by atoms with van der Waals surface area (Å²) in [5.74, 6) is 0. The number of rotatable bonds is 5. The molecule has 1 heterocycles. The molecule has 2 amide bonds. The second-order valence-electron chi connectivity index (χ2n) is 4.96. The van der Waals surface area contributed by atoms with Crippen LogP contribution < -0.4 is 10.6 Å². The van der Waals surface area contributed by atoms with Gasteiger partial charge in [-0.15, -0.1) is 0 Å². The first-order valence-electron chi connectivity index (χ1n) is 6.86. The Kier molecular flexibility index (Phi) is 4.94. The fourth-order valence-electron chi connectivity index (χ4n) is 1.92. The largest absolute Gasteiger partial charge is 0.389 e. The first-order valence-corrected chi connectivity index (χ1v) is 6.86. The summed E-state index contributed by atoms with van der Waals surface area (Å²) in [6.45, 7) is 4.77. The Balaban J connectivity index is 1.80. The number of hydrogen-bond acceptors (Lipinski definition) is 3. The minimum Gasteiger partial charge on any atom is -0.389 e. The van der Waals surface area contributed by atoms with Crippen LogP contribution in [0.25, 0.3) is 0 Å². The van der Waals surface area contributed by atoms with Crippen LogP contribution in [0.1, 0.15) is 24.2 Å². The van der Waals surface area contributed by atoms with Crippen LogP contribution in [0.5, 0.6) is 0 Å². The molecule has 2 aromatic rings. The summed E-state index contributed by atoms with van der Waals surface area (Å²) in [5, 5.41) is 19.2. The van der Waals surface area contributed by atoms with Crippen LogP contribution >= 0.6 is 0 Å². The number of hydrogen-bond donors (Lipinski definition) is 3. The third kappa shape index (κ3) is 4.61. The van der Waals surface area contributed by atoms with E-state index in [2.05, 4.69) is 15.7 Å². The predicted octanol–water partition coefficient (Wildman–Crippen LogP) is 2.07. The minimum atomic E-state index is -0.558. The van der Waals surface area contributed by atoms with Gasteiger partial charge >= 0.3 is 6.03 Å². The maximum atomic E-state index is 11.8. The fourth-order valence-corrected chi connectivity index (χ4v) is 1.92. The van der Waals surface area contributed by atoms with Gasteiger partial charge in [0, 0.05) is 18.4 Å². The average Bonchev–Trinajstić information content (AvgIpc) is 2.84. The number of aliphatic hydroxyl groups excluding tert-OH is 1. The Morgan fingerprint density at radius 2 is 2.29 bits per heavy atom. The molecule has 1 unspecified atom stereocenters. The van der Waals surface area contributed by atoms with Gasteiger partial charge in [0.05, 0.1) is 18.8 Å². The molecule has 3 N–H and O–H groups in total. The predicted molar refractivity (Wildman–Crippen MR) is 81.1 cm³/mol. The SMILES string of the molecule is Cc1cnn(CCNC(=O)Nc2cccc(C(C)O)c2)c1. The second-order valence-corrected chi connectivity index (χ2v) is 4.96. The Bertz CT molecular complexity index is 607. The summed E-state index contributed by atoms with van der Waals surface area (Å²) < 4.78 is 1.78. The van der Waals surface area contributed by atoms with Crippen molar-refractivity contribution in [3.05, 3.63) is 47.8 Å². The van der Waals surface area contributed by atoms with E-state index < -0.39 is 6.10 Å². The molecular formula is C15H20N4O2. The van der Waals surface area contributed by atoms with Crippen molar-refractivity contribution in [1.82, 2.24) is 15.1 Å². The number of nitrogens with one attached hydrogen (secondary N) is 2. The number of amides is 2. The normalized spacial score (nSPS) is 12.0. The van der Waals surface area contributed by atoms with Crippen LogP contribution in [0.2, 0.25) is 0 Å². The third-order valence-corrected chi connectivity index (χ3v) is 3.02. The lowest BCUT2D eigenvalue weighted by molar-refractivity contribution is 0.199. The van der Waals surface area contributed by atoms with Crippen molar-refractivity contribution >= 4 is 11.7 Å². The van der Waals surface area contributed by atoms with E-state index in [4.69, 9.17) is 0 Å². The zero-order valence-corrected chi connectivity index (χ0v) is 12.2. The standard InChI is InChI=1S/C15H20N4O2/c1-11-9-17-19(10-11)7-6-16-15(21)18-14-5-3-4-13(8-14)12(2)20/h3-5,8-10,12,20H,6-7H2,1-2H3,(H2,16,18,21). The third-order valence-electron chi connectivity index (χ3n) is 3.02. The molecule has 0 spiro atoms. The number of aliphatic hydroxyl groups is 1. The molecular weight excluding hydrogens is 268 g/mol. The molecule has 0 fully saturated rings. The Hall–Kier alpha value is -2.34. The van der Waals surface area contributed by atoms with Gasteiger partial charge in [-0.1, -0.05) is 12.1 Å². The Labute approximate surface area is 123 Å². The lowest BCUT2D eigenvalue weighted by Gasteiger charge is -2.10. The van der Waals surface area contributed by atoms with Crippen molar-refractivity contribution in [3.63, 3.8) is 0 Å². The summed E-state index contributed by atoms with van der Waals surface area (Å²) in [7, 11) is 0. The highest BCUT2D eigenvalue weighted by atomic mass is 16.3. The molecule has 21 heavy (non-hydrogen) atoms.